The first-order valence-corrected chi connectivity index (χ1v) is 6.98. The minimum Gasteiger partial charge on any atom is -0.444 e. The van der Waals surface area contributed by atoms with Gasteiger partial charge in [0.15, 0.2) is 0 Å². The smallest absolute Gasteiger partial charge is 0.410 e. The van der Waals surface area contributed by atoms with Crippen molar-refractivity contribution in [3.63, 3.8) is 0 Å². The molecule has 1 heterocycles. The Kier molecular flexibility index (Phi) is 3.58. The predicted molar refractivity (Wildman–Crippen MR) is 69.3 cm³/mol. The van der Waals surface area contributed by atoms with Crippen LogP contribution in [0.1, 0.15) is 52.9 Å². The first kappa shape index (κ1) is 13.7. The summed E-state index contributed by atoms with van der Waals surface area (Å²) in [5.74, 6) is 0. The number of aliphatic hydroxyl groups is 1. The number of aliphatic hydroxyl groups excluding tert-OH is 1. The van der Waals surface area contributed by atoms with Gasteiger partial charge in [-0.3, -0.25) is 0 Å². The minimum atomic E-state index is -0.449. The summed E-state index contributed by atoms with van der Waals surface area (Å²) in [6.45, 7) is 6.63. The van der Waals surface area contributed by atoms with Crippen molar-refractivity contribution in [3.8, 4) is 0 Å². The third-order valence-corrected chi connectivity index (χ3v) is 4.25. The molecule has 0 radical (unpaired) electrons. The highest BCUT2D eigenvalue weighted by Crippen LogP contribution is 2.47. The summed E-state index contributed by atoms with van der Waals surface area (Å²) in [6, 6.07) is 0.172. The quantitative estimate of drug-likeness (QED) is 0.783. The minimum absolute atomic E-state index is 0.0604. The van der Waals surface area contributed by atoms with E-state index in [0.717, 1.165) is 38.6 Å². The topological polar surface area (TPSA) is 49.8 Å². The molecule has 1 saturated heterocycles. The molecule has 0 aromatic rings. The monoisotopic (exact) mass is 255 g/mol. The molecule has 0 aromatic carbocycles. The molecule has 1 amide bonds. The summed E-state index contributed by atoms with van der Waals surface area (Å²) in [6.07, 6.45) is 4.92. The molecule has 1 saturated carbocycles. The first-order chi connectivity index (χ1) is 8.38. The molecule has 2 aliphatic rings. The highest BCUT2D eigenvalue weighted by molar-refractivity contribution is 5.69. The average molecular weight is 255 g/mol. The van der Waals surface area contributed by atoms with Crippen molar-refractivity contribution in [2.24, 2.45) is 5.41 Å². The second kappa shape index (κ2) is 4.72. The number of hydrogen-bond acceptors (Lipinski definition) is 3. The van der Waals surface area contributed by atoms with Gasteiger partial charge in [-0.25, -0.2) is 4.79 Å². The summed E-state index contributed by atoms with van der Waals surface area (Å²) < 4.78 is 5.48. The van der Waals surface area contributed by atoms with Crippen LogP contribution in [0.5, 0.6) is 0 Å². The molecule has 18 heavy (non-hydrogen) atoms. The maximum Gasteiger partial charge on any atom is 0.410 e. The van der Waals surface area contributed by atoms with E-state index in [0.29, 0.717) is 0 Å². The summed E-state index contributed by atoms with van der Waals surface area (Å²) in [5.41, 5.74) is -0.510. The molecule has 1 N–H and O–H groups in total. The molecule has 1 aliphatic carbocycles. The van der Waals surface area contributed by atoms with Gasteiger partial charge in [0.25, 0.3) is 0 Å². The Balaban J connectivity index is 2.11. The molecule has 4 heteroatoms. The zero-order valence-corrected chi connectivity index (χ0v) is 11.7. The molecule has 2 atom stereocenters. The lowest BCUT2D eigenvalue weighted by molar-refractivity contribution is -0.0308. The van der Waals surface area contributed by atoms with Gasteiger partial charge in [-0.2, -0.15) is 0 Å². The number of ether oxygens (including phenoxy) is 1. The maximum atomic E-state index is 12.2. The highest BCUT2D eigenvalue weighted by Gasteiger charge is 2.49. The average Bonchev–Trinajstić information content (AvgIpc) is 2.70. The van der Waals surface area contributed by atoms with E-state index in [1.54, 1.807) is 0 Å². The number of nitrogens with zero attached hydrogens (tertiary/aromatic N) is 1. The van der Waals surface area contributed by atoms with Gasteiger partial charge in [0.1, 0.15) is 5.60 Å². The number of likely N-dealkylation sites (tertiary alicyclic amines) is 1. The van der Waals surface area contributed by atoms with Gasteiger partial charge in [0.2, 0.25) is 0 Å². The van der Waals surface area contributed by atoms with Crippen LogP contribution in [0.2, 0.25) is 0 Å². The van der Waals surface area contributed by atoms with Crippen molar-refractivity contribution >= 4 is 6.09 Å². The van der Waals surface area contributed by atoms with E-state index in [9.17, 15) is 9.90 Å². The Morgan fingerprint density at radius 2 is 2.06 bits per heavy atom. The van der Waals surface area contributed by atoms with Gasteiger partial charge in [0, 0.05) is 18.0 Å². The van der Waals surface area contributed by atoms with Crippen LogP contribution < -0.4 is 0 Å². The SMILES string of the molecule is CC(C)(C)OC(=O)N1CCC[C@@]2(CO)CCC[C@@H]12. The van der Waals surface area contributed by atoms with E-state index >= 15 is 0 Å². The van der Waals surface area contributed by atoms with Gasteiger partial charge in [-0.15, -0.1) is 0 Å². The van der Waals surface area contributed by atoms with E-state index in [2.05, 4.69) is 0 Å². The van der Waals surface area contributed by atoms with Crippen LogP contribution in [0, 0.1) is 5.41 Å². The molecule has 0 aromatic heterocycles. The van der Waals surface area contributed by atoms with Gasteiger partial charge < -0.3 is 14.7 Å². The third-order valence-electron chi connectivity index (χ3n) is 4.25. The van der Waals surface area contributed by atoms with Crippen LogP contribution in [-0.4, -0.2) is 40.9 Å². The lowest BCUT2D eigenvalue weighted by Gasteiger charge is -2.45. The van der Waals surface area contributed by atoms with Crippen molar-refractivity contribution in [2.45, 2.75) is 64.5 Å². The van der Waals surface area contributed by atoms with E-state index in [1.807, 2.05) is 25.7 Å². The predicted octanol–water partition coefficient (Wildman–Crippen LogP) is 2.55. The molecule has 0 spiro atoms. The van der Waals surface area contributed by atoms with Crippen molar-refractivity contribution in [1.29, 1.82) is 0 Å². The number of amides is 1. The molecule has 104 valence electrons. The summed E-state index contributed by atoms with van der Waals surface area (Å²) in [7, 11) is 0. The number of fused-ring (bicyclic) bond motifs is 1. The van der Waals surface area contributed by atoms with Crippen molar-refractivity contribution in [2.75, 3.05) is 13.2 Å². The highest BCUT2D eigenvalue weighted by atomic mass is 16.6. The van der Waals surface area contributed by atoms with Crippen LogP contribution in [0.15, 0.2) is 0 Å². The standard InChI is InChI=1S/C14H25NO3/c1-13(2,3)18-12(17)15-9-5-8-14(10-16)7-4-6-11(14)15/h11,16H,4-10H2,1-3H3/t11-,14-/m1/s1. The fourth-order valence-corrected chi connectivity index (χ4v) is 3.46. The van der Waals surface area contributed by atoms with Crippen LogP contribution in [0.4, 0.5) is 4.79 Å². The summed E-state index contributed by atoms with van der Waals surface area (Å²) in [4.78, 5) is 14.1. The third kappa shape index (κ3) is 2.48. The Hall–Kier alpha value is -0.770. The number of carbonyl (C=O) groups excluding carboxylic acids is 1. The van der Waals surface area contributed by atoms with Gasteiger partial charge in [-0.1, -0.05) is 6.42 Å². The van der Waals surface area contributed by atoms with Gasteiger partial charge >= 0.3 is 6.09 Å². The Labute approximate surface area is 109 Å². The van der Waals surface area contributed by atoms with E-state index in [-0.39, 0.29) is 24.2 Å². The number of carbonyl (C=O) groups is 1. The molecular formula is C14H25NO3. The summed E-state index contributed by atoms with van der Waals surface area (Å²) >= 11 is 0. The molecular weight excluding hydrogens is 230 g/mol. The molecule has 4 nitrogen and oxygen atoms in total. The van der Waals surface area contributed by atoms with Crippen LogP contribution in [-0.2, 0) is 4.74 Å². The normalized spacial score (nSPS) is 32.2. The summed E-state index contributed by atoms with van der Waals surface area (Å²) in [5, 5.41) is 9.71. The maximum absolute atomic E-state index is 12.2. The van der Waals surface area contributed by atoms with Gasteiger partial charge in [-0.05, 0) is 46.5 Å². The zero-order chi connectivity index (χ0) is 13.4. The van der Waals surface area contributed by atoms with Crippen molar-refractivity contribution < 1.29 is 14.6 Å². The second-order valence-corrected chi connectivity index (χ2v) is 6.71. The van der Waals surface area contributed by atoms with Crippen molar-refractivity contribution in [3.05, 3.63) is 0 Å². The van der Waals surface area contributed by atoms with Gasteiger partial charge in [0.05, 0.1) is 6.61 Å². The lowest BCUT2D eigenvalue weighted by Crippen LogP contribution is -2.54. The largest absolute Gasteiger partial charge is 0.444 e. The first-order valence-electron chi connectivity index (χ1n) is 6.98. The van der Waals surface area contributed by atoms with Crippen LogP contribution >= 0.6 is 0 Å². The second-order valence-electron chi connectivity index (χ2n) is 6.71. The molecule has 0 unspecified atom stereocenters. The number of piperidine rings is 1. The molecule has 1 aliphatic heterocycles. The van der Waals surface area contributed by atoms with E-state index in [1.165, 1.54) is 0 Å². The van der Waals surface area contributed by atoms with Crippen molar-refractivity contribution in [1.82, 2.24) is 4.90 Å². The fourth-order valence-electron chi connectivity index (χ4n) is 3.46. The van der Waals surface area contributed by atoms with E-state index in [4.69, 9.17) is 4.74 Å². The molecule has 2 fully saturated rings. The molecule has 2 rings (SSSR count). The Morgan fingerprint density at radius 1 is 1.39 bits per heavy atom. The van der Waals surface area contributed by atoms with Crippen LogP contribution in [0.25, 0.3) is 0 Å². The number of hydrogen-bond donors (Lipinski definition) is 1. The molecule has 0 bridgehead atoms. The Bertz CT molecular complexity index is 323. The zero-order valence-electron chi connectivity index (χ0n) is 11.7. The fraction of sp³-hybridized carbons (Fsp3) is 0.929. The van der Waals surface area contributed by atoms with Crippen LogP contribution in [0.3, 0.4) is 0 Å². The Morgan fingerprint density at radius 3 is 2.67 bits per heavy atom. The number of rotatable bonds is 1. The lowest BCUT2D eigenvalue weighted by atomic mass is 9.76. The van der Waals surface area contributed by atoms with E-state index < -0.39 is 5.60 Å².